The predicted molar refractivity (Wildman–Crippen MR) is 98.2 cm³/mol. The number of nitrogens with zero attached hydrogens (tertiary/aromatic N) is 3. The van der Waals surface area contributed by atoms with E-state index in [9.17, 15) is 14.0 Å². The smallest absolute Gasteiger partial charge is 0.253 e. The van der Waals surface area contributed by atoms with Crippen molar-refractivity contribution in [1.29, 1.82) is 0 Å². The van der Waals surface area contributed by atoms with Crippen LogP contribution in [0.25, 0.3) is 0 Å². The lowest BCUT2D eigenvalue weighted by molar-refractivity contribution is -0.128. The molecule has 2 aliphatic rings. The Morgan fingerprint density at radius 2 is 2.00 bits per heavy atom. The van der Waals surface area contributed by atoms with Crippen molar-refractivity contribution < 1.29 is 14.0 Å². The Kier molecular flexibility index (Phi) is 4.64. The highest BCUT2D eigenvalue weighted by Crippen LogP contribution is 2.41. The second-order valence-corrected chi connectivity index (χ2v) is 7.59. The Hall–Kier alpha value is -2.76. The second kappa shape index (κ2) is 7.10. The van der Waals surface area contributed by atoms with Gasteiger partial charge in [-0.25, -0.2) is 4.39 Å². The minimum Gasteiger partial charge on any atom is -0.339 e. The number of likely N-dealkylation sites (tertiary alicyclic amines) is 2. The maximum absolute atomic E-state index is 13.4. The number of carbonyl (C=O) groups excluding carboxylic acids is 2. The van der Waals surface area contributed by atoms with Gasteiger partial charge in [0.1, 0.15) is 5.82 Å². The number of halogens is 1. The minimum absolute atomic E-state index is 0.0575. The molecule has 140 valence electrons. The number of piperidine rings is 1. The lowest BCUT2D eigenvalue weighted by Crippen LogP contribution is -2.44. The van der Waals surface area contributed by atoms with Crippen LogP contribution in [0.4, 0.5) is 4.39 Å². The molecule has 27 heavy (non-hydrogen) atoms. The average molecular weight is 367 g/mol. The molecule has 3 heterocycles. The predicted octanol–water partition coefficient (Wildman–Crippen LogP) is 2.88. The summed E-state index contributed by atoms with van der Waals surface area (Å²) >= 11 is 0. The van der Waals surface area contributed by atoms with E-state index in [1.807, 2.05) is 17.0 Å². The first-order chi connectivity index (χ1) is 13.0. The van der Waals surface area contributed by atoms with Gasteiger partial charge in [0.25, 0.3) is 5.91 Å². The minimum atomic E-state index is -0.401. The molecule has 0 radical (unpaired) electrons. The SMILES string of the molecule is O=C1CC2(CCN(C(=O)c3cccc(F)c3)CC2)CN1Cc1cccnc1. The summed E-state index contributed by atoms with van der Waals surface area (Å²) in [4.78, 5) is 32.9. The second-order valence-electron chi connectivity index (χ2n) is 7.59. The average Bonchev–Trinajstić information content (AvgIpc) is 2.97. The molecule has 0 unspecified atom stereocenters. The van der Waals surface area contributed by atoms with Gasteiger partial charge >= 0.3 is 0 Å². The summed E-state index contributed by atoms with van der Waals surface area (Å²) < 4.78 is 13.4. The lowest BCUT2D eigenvalue weighted by atomic mass is 9.77. The summed E-state index contributed by atoms with van der Waals surface area (Å²) in [6, 6.07) is 9.67. The van der Waals surface area contributed by atoms with E-state index in [0.717, 1.165) is 24.9 Å². The van der Waals surface area contributed by atoms with E-state index in [2.05, 4.69) is 4.98 Å². The zero-order valence-electron chi connectivity index (χ0n) is 15.1. The molecule has 0 bridgehead atoms. The first kappa shape index (κ1) is 17.6. The van der Waals surface area contributed by atoms with E-state index in [1.165, 1.54) is 12.1 Å². The largest absolute Gasteiger partial charge is 0.339 e. The molecule has 0 aliphatic carbocycles. The number of amides is 2. The van der Waals surface area contributed by atoms with Crippen LogP contribution in [-0.4, -0.2) is 46.2 Å². The topological polar surface area (TPSA) is 53.5 Å². The molecule has 1 spiro atoms. The van der Waals surface area contributed by atoms with Crippen LogP contribution in [0.2, 0.25) is 0 Å². The molecule has 0 N–H and O–H groups in total. The van der Waals surface area contributed by atoms with Crippen molar-refractivity contribution in [3.05, 3.63) is 65.7 Å². The maximum Gasteiger partial charge on any atom is 0.253 e. The van der Waals surface area contributed by atoms with Crippen LogP contribution in [0, 0.1) is 11.2 Å². The number of rotatable bonds is 3. The molecule has 2 aliphatic heterocycles. The van der Waals surface area contributed by atoms with Gasteiger partial charge in [-0.3, -0.25) is 14.6 Å². The van der Waals surface area contributed by atoms with Gasteiger partial charge < -0.3 is 9.80 Å². The summed E-state index contributed by atoms with van der Waals surface area (Å²) in [5.74, 6) is -0.369. The van der Waals surface area contributed by atoms with Gasteiger partial charge in [-0.2, -0.15) is 0 Å². The molecule has 0 saturated carbocycles. The lowest BCUT2D eigenvalue weighted by Gasteiger charge is -2.38. The van der Waals surface area contributed by atoms with Gasteiger partial charge in [0.05, 0.1) is 0 Å². The van der Waals surface area contributed by atoms with Crippen molar-refractivity contribution in [2.24, 2.45) is 5.41 Å². The Labute approximate surface area is 157 Å². The van der Waals surface area contributed by atoms with Crippen LogP contribution in [0.15, 0.2) is 48.8 Å². The van der Waals surface area contributed by atoms with Gasteiger partial charge in [-0.1, -0.05) is 12.1 Å². The van der Waals surface area contributed by atoms with Crippen LogP contribution in [-0.2, 0) is 11.3 Å². The maximum atomic E-state index is 13.4. The Morgan fingerprint density at radius 3 is 2.70 bits per heavy atom. The van der Waals surface area contributed by atoms with Crippen LogP contribution in [0.5, 0.6) is 0 Å². The summed E-state index contributed by atoms with van der Waals surface area (Å²) in [7, 11) is 0. The first-order valence-electron chi connectivity index (χ1n) is 9.26. The van der Waals surface area contributed by atoms with E-state index < -0.39 is 5.82 Å². The van der Waals surface area contributed by atoms with Gasteiger partial charge in [0.15, 0.2) is 0 Å². The molecule has 5 nitrogen and oxygen atoms in total. The van der Waals surface area contributed by atoms with Crippen molar-refractivity contribution in [2.75, 3.05) is 19.6 Å². The van der Waals surface area contributed by atoms with Gasteiger partial charge in [-0.05, 0) is 42.7 Å². The van der Waals surface area contributed by atoms with Gasteiger partial charge in [-0.15, -0.1) is 0 Å². The monoisotopic (exact) mass is 367 g/mol. The van der Waals surface area contributed by atoms with Gasteiger partial charge in [0, 0.05) is 56.0 Å². The number of carbonyl (C=O) groups is 2. The van der Waals surface area contributed by atoms with Crippen LogP contribution >= 0.6 is 0 Å². The molecular weight excluding hydrogens is 345 g/mol. The highest BCUT2D eigenvalue weighted by atomic mass is 19.1. The highest BCUT2D eigenvalue weighted by molar-refractivity contribution is 5.94. The Morgan fingerprint density at radius 1 is 1.19 bits per heavy atom. The van der Waals surface area contributed by atoms with Crippen molar-refractivity contribution in [1.82, 2.24) is 14.8 Å². The fourth-order valence-electron chi connectivity index (χ4n) is 4.16. The number of hydrogen-bond donors (Lipinski definition) is 0. The van der Waals surface area contributed by atoms with Crippen LogP contribution in [0.1, 0.15) is 35.2 Å². The summed E-state index contributed by atoms with van der Waals surface area (Å²) in [5.41, 5.74) is 1.35. The third-order valence-electron chi connectivity index (χ3n) is 5.68. The van der Waals surface area contributed by atoms with Crippen LogP contribution in [0.3, 0.4) is 0 Å². The van der Waals surface area contributed by atoms with E-state index in [4.69, 9.17) is 0 Å². The van der Waals surface area contributed by atoms with Crippen molar-refractivity contribution >= 4 is 11.8 Å². The number of benzene rings is 1. The van der Waals surface area contributed by atoms with E-state index in [0.29, 0.717) is 31.6 Å². The molecular formula is C21H22FN3O2. The summed E-state index contributed by atoms with van der Waals surface area (Å²) in [6.45, 7) is 2.51. The molecule has 2 fully saturated rings. The molecule has 1 aromatic carbocycles. The van der Waals surface area contributed by atoms with Crippen molar-refractivity contribution in [3.63, 3.8) is 0 Å². The van der Waals surface area contributed by atoms with E-state index >= 15 is 0 Å². The third-order valence-corrected chi connectivity index (χ3v) is 5.68. The molecule has 2 amide bonds. The fourth-order valence-corrected chi connectivity index (χ4v) is 4.16. The summed E-state index contributed by atoms with van der Waals surface area (Å²) in [6.07, 6.45) is 5.64. The fraction of sp³-hybridized carbons (Fsp3) is 0.381. The van der Waals surface area contributed by atoms with Gasteiger partial charge in [0.2, 0.25) is 5.91 Å². The number of aromatic nitrogens is 1. The Balaban J connectivity index is 1.38. The molecule has 0 atom stereocenters. The standard InChI is InChI=1S/C21H22FN3O2/c22-18-5-1-4-17(11-18)20(27)24-9-6-21(7-10-24)12-19(26)25(15-21)14-16-3-2-8-23-13-16/h1-5,8,11,13H,6-7,9-10,12,14-15H2. The summed E-state index contributed by atoms with van der Waals surface area (Å²) in [5, 5.41) is 0. The van der Waals surface area contributed by atoms with Crippen molar-refractivity contribution in [3.8, 4) is 0 Å². The number of pyridine rings is 1. The molecule has 6 heteroatoms. The van der Waals surface area contributed by atoms with Crippen LogP contribution < -0.4 is 0 Å². The zero-order valence-corrected chi connectivity index (χ0v) is 15.1. The van der Waals surface area contributed by atoms with E-state index in [1.54, 1.807) is 29.4 Å². The zero-order chi connectivity index (χ0) is 18.9. The Bertz CT molecular complexity index is 848. The quantitative estimate of drug-likeness (QED) is 0.838. The highest BCUT2D eigenvalue weighted by Gasteiger charge is 2.45. The molecule has 2 aromatic rings. The first-order valence-corrected chi connectivity index (χ1v) is 9.26. The normalized spacial score (nSPS) is 18.9. The van der Waals surface area contributed by atoms with E-state index in [-0.39, 0.29) is 17.2 Å². The number of hydrogen-bond acceptors (Lipinski definition) is 3. The third kappa shape index (κ3) is 3.70. The molecule has 1 aromatic heterocycles. The van der Waals surface area contributed by atoms with Crippen molar-refractivity contribution in [2.45, 2.75) is 25.8 Å². The molecule has 2 saturated heterocycles. The molecule has 4 rings (SSSR count).